The van der Waals surface area contributed by atoms with Crippen LogP contribution in [0.4, 0.5) is 0 Å². The van der Waals surface area contributed by atoms with Gasteiger partial charge in [0, 0.05) is 18.2 Å². The fourth-order valence-corrected chi connectivity index (χ4v) is 2.01. The summed E-state index contributed by atoms with van der Waals surface area (Å²) in [5.74, 6) is -0.910. The standard InChI is InChI=1S/C14H17NO4/c1-9-8-10(2-5-12(9)16)14(19)15(11-3-4-11)7-6-13(17)18/h2,5,8,11,16H,3-4,6-7H2,1H3,(H,17,18). The Balaban J connectivity index is 2.14. The molecule has 0 spiro atoms. The maximum absolute atomic E-state index is 12.4. The Hall–Kier alpha value is -2.04. The van der Waals surface area contributed by atoms with E-state index in [-0.39, 0.29) is 30.7 Å². The summed E-state index contributed by atoms with van der Waals surface area (Å²) in [5, 5.41) is 18.2. The second-order valence-corrected chi connectivity index (χ2v) is 4.87. The van der Waals surface area contributed by atoms with E-state index in [1.54, 1.807) is 24.0 Å². The molecule has 102 valence electrons. The molecule has 1 aliphatic carbocycles. The van der Waals surface area contributed by atoms with Gasteiger partial charge in [-0.15, -0.1) is 0 Å². The molecule has 0 radical (unpaired) electrons. The third-order valence-corrected chi connectivity index (χ3v) is 3.26. The minimum atomic E-state index is -0.902. The van der Waals surface area contributed by atoms with Gasteiger partial charge in [-0.05, 0) is 43.5 Å². The number of hydrogen-bond acceptors (Lipinski definition) is 3. The van der Waals surface area contributed by atoms with Crippen LogP contribution >= 0.6 is 0 Å². The van der Waals surface area contributed by atoms with Crippen LogP contribution in [0.2, 0.25) is 0 Å². The van der Waals surface area contributed by atoms with Crippen LogP contribution in [-0.4, -0.2) is 39.6 Å². The summed E-state index contributed by atoms with van der Waals surface area (Å²) < 4.78 is 0. The number of phenolic OH excluding ortho intramolecular Hbond substituents is 1. The van der Waals surface area contributed by atoms with Gasteiger partial charge in [-0.2, -0.15) is 0 Å². The second kappa shape index (κ2) is 5.30. The molecule has 2 rings (SSSR count). The Morgan fingerprint density at radius 2 is 2.05 bits per heavy atom. The van der Waals surface area contributed by atoms with Crippen LogP contribution in [0.5, 0.6) is 5.75 Å². The second-order valence-electron chi connectivity index (χ2n) is 4.87. The number of carbonyl (C=O) groups excluding carboxylic acids is 1. The van der Waals surface area contributed by atoms with E-state index >= 15 is 0 Å². The molecule has 1 saturated carbocycles. The predicted molar refractivity (Wildman–Crippen MR) is 69.2 cm³/mol. The van der Waals surface area contributed by atoms with Gasteiger partial charge in [0.05, 0.1) is 6.42 Å². The van der Waals surface area contributed by atoms with Crippen molar-refractivity contribution < 1.29 is 19.8 Å². The zero-order valence-electron chi connectivity index (χ0n) is 10.8. The molecule has 1 fully saturated rings. The third kappa shape index (κ3) is 3.24. The highest BCUT2D eigenvalue weighted by Gasteiger charge is 2.33. The van der Waals surface area contributed by atoms with Crippen LogP contribution in [0.1, 0.15) is 35.2 Å². The molecule has 0 saturated heterocycles. The number of aromatic hydroxyl groups is 1. The van der Waals surface area contributed by atoms with Crippen molar-refractivity contribution in [1.82, 2.24) is 4.90 Å². The molecular weight excluding hydrogens is 246 g/mol. The normalized spacial score (nSPS) is 14.2. The lowest BCUT2D eigenvalue weighted by molar-refractivity contribution is -0.137. The van der Waals surface area contributed by atoms with E-state index in [4.69, 9.17) is 5.11 Å². The van der Waals surface area contributed by atoms with Crippen LogP contribution in [-0.2, 0) is 4.79 Å². The lowest BCUT2D eigenvalue weighted by atomic mass is 10.1. The number of benzene rings is 1. The van der Waals surface area contributed by atoms with Gasteiger partial charge in [-0.1, -0.05) is 0 Å². The largest absolute Gasteiger partial charge is 0.508 e. The van der Waals surface area contributed by atoms with E-state index in [9.17, 15) is 14.7 Å². The minimum absolute atomic E-state index is 0.0424. The lowest BCUT2D eigenvalue weighted by Gasteiger charge is -2.22. The minimum Gasteiger partial charge on any atom is -0.508 e. The first-order chi connectivity index (χ1) is 8.99. The summed E-state index contributed by atoms with van der Waals surface area (Å²) >= 11 is 0. The summed E-state index contributed by atoms with van der Waals surface area (Å²) in [6.07, 6.45) is 1.82. The molecule has 1 aliphatic rings. The SMILES string of the molecule is Cc1cc(C(=O)N(CCC(=O)O)C2CC2)ccc1O. The molecule has 1 amide bonds. The van der Waals surface area contributed by atoms with Gasteiger partial charge < -0.3 is 15.1 Å². The van der Waals surface area contributed by atoms with Crippen molar-refractivity contribution in [2.75, 3.05) is 6.54 Å². The van der Waals surface area contributed by atoms with Crippen molar-refractivity contribution in [2.24, 2.45) is 0 Å². The highest BCUT2D eigenvalue weighted by atomic mass is 16.4. The molecule has 5 heteroatoms. The maximum Gasteiger partial charge on any atom is 0.305 e. The molecule has 0 atom stereocenters. The van der Waals surface area contributed by atoms with Gasteiger partial charge in [0.1, 0.15) is 5.75 Å². The van der Waals surface area contributed by atoms with Crippen molar-refractivity contribution in [2.45, 2.75) is 32.2 Å². The number of carboxylic acid groups (broad SMARTS) is 1. The number of phenols is 1. The molecule has 1 aromatic carbocycles. The average molecular weight is 263 g/mol. The molecular formula is C14H17NO4. The number of amides is 1. The van der Waals surface area contributed by atoms with Gasteiger partial charge in [-0.25, -0.2) is 0 Å². The highest BCUT2D eigenvalue weighted by molar-refractivity contribution is 5.95. The van der Waals surface area contributed by atoms with Crippen LogP contribution in [0, 0.1) is 6.92 Å². The van der Waals surface area contributed by atoms with E-state index in [0.29, 0.717) is 11.1 Å². The number of nitrogens with zero attached hydrogens (tertiary/aromatic N) is 1. The number of carboxylic acids is 1. The summed E-state index contributed by atoms with van der Waals surface area (Å²) in [5.41, 5.74) is 1.13. The number of carbonyl (C=O) groups is 2. The summed E-state index contributed by atoms with van der Waals surface area (Å²) in [7, 11) is 0. The van der Waals surface area contributed by atoms with Gasteiger partial charge in [0.2, 0.25) is 0 Å². The Morgan fingerprint density at radius 3 is 2.58 bits per heavy atom. The molecule has 0 heterocycles. The van der Waals surface area contributed by atoms with Crippen molar-refractivity contribution in [3.8, 4) is 5.75 Å². The highest BCUT2D eigenvalue weighted by Crippen LogP contribution is 2.29. The monoisotopic (exact) mass is 263 g/mol. The molecule has 19 heavy (non-hydrogen) atoms. The Bertz CT molecular complexity index is 508. The predicted octanol–water partition coefficient (Wildman–Crippen LogP) is 1.78. The molecule has 5 nitrogen and oxygen atoms in total. The van der Waals surface area contributed by atoms with Crippen molar-refractivity contribution in [1.29, 1.82) is 0 Å². The maximum atomic E-state index is 12.4. The fraction of sp³-hybridized carbons (Fsp3) is 0.429. The molecule has 0 unspecified atom stereocenters. The Morgan fingerprint density at radius 1 is 1.37 bits per heavy atom. The van der Waals surface area contributed by atoms with Gasteiger partial charge >= 0.3 is 5.97 Å². The Labute approximate surface area is 111 Å². The van der Waals surface area contributed by atoms with E-state index in [0.717, 1.165) is 12.8 Å². The number of hydrogen-bond donors (Lipinski definition) is 2. The first-order valence-corrected chi connectivity index (χ1v) is 6.31. The van der Waals surface area contributed by atoms with Gasteiger partial charge in [0.25, 0.3) is 5.91 Å². The zero-order valence-corrected chi connectivity index (χ0v) is 10.8. The molecule has 0 aromatic heterocycles. The smallest absolute Gasteiger partial charge is 0.305 e. The van der Waals surface area contributed by atoms with E-state index in [2.05, 4.69) is 0 Å². The number of rotatable bonds is 5. The van der Waals surface area contributed by atoms with Crippen LogP contribution in [0.15, 0.2) is 18.2 Å². The van der Waals surface area contributed by atoms with E-state index in [1.807, 2.05) is 0 Å². The average Bonchev–Trinajstić information content (AvgIpc) is 3.16. The summed E-state index contributed by atoms with van der Waals surface area (Å²) in [6.45, 7) is 1.96. The van der Waals surface area contributed by atoms with Crippen LogP contribution in [0.25, 0.3) is 0 Å². The molecule has 1 aromatic rings. The topological polar surface area (TPSA) is 77.8 Å². The van der Waals surface area contributed by atoms with Crippen molar-refractivity contribution in [3.05, 3.63) is 29.3 Å². The Kier molecular flexibility index (Phi) is 3.74. The lowest BCUT2D eigenvalue weighted by Crippen LogP contribution is -2.35. The van der Waals surface area contributed by atoms with Crippen LogP contribution < -0.4 is 0 Å². The fourth-order valence-electron chi connectivity index (χ4n) is 2.01. The molecule has 0 aliphatic heterocycles. The van der Waals surface area contributed by atoms with Crippen molar-refractivity contribution in [3.63, 3.8) is 0 Å². The quantitative estimate of drug-likeness (QED) is 0.848. The summed E-state index contributed by atoms with van der Waals surface area (Å²) in [4.78, 5) is 24.6. The number of aliphatic carboxylic acids is 1. The van der Waals surface area contributed by atoms with E-state index in [1.165, 1.54) is 6.07 Å². The van der Waals surface area contributed by atoms with Gasteiger partial charge in [0.15, 0.2) is 0 Å². The first kappa shape index (κ1) is 13.4. The van der Waals surface area contributed by atoms with Crippen molar-refractivity contribution >= 4 is 11.9 Å². The molecule has 0 bridgehead atoms. The van der Waals surface area contributed by atoms with E-state index < -0.39 is 5.97 Å². The zero-order chi connectivity index (χ0) is 14.0. The molecule has 2 N–H and O–H groups in total. The third-order valence-electron chi connectivity index (χ3n) is 3.26. The summed E-state index contributed by atoms with van der Waals surface area (Å²) in [6, 6.07) is 4.86. The van der Waals surface area contributed by atoms with Crippen LogP contribution in [0.3, 0.4) is 0 Å². The number of aryl methyl sites for hydroxylation is 1. The van der Waals surface area contributed by atoms with Gasteiger partial charge in [-0.3, -0.25) is 9.59 Å². The first-order valence-electron chi connectivity index (χ1n) is 6.31.